The highest BCUT2D eigenvalue weighted by molar-refractivity contribution is 8.26. The van der Waals surface area contributed by atoms with Crippen LogP contribution < -0.4 is 5.32 Å². The molecule has 0 spiro atoms. The fraction of sp³-hybridized carbons (Fsp3) is 0. The zero-order chi connectivity index (χ0) is 9.26. The Hall–Kier alpha value is -1.14. The number of rotatable bonds is 1. The van der Waals surface area contributed by atoms with Crippen LogP contribution in [0.4, 0.5) is 0 Å². The summed E-state index contributed by atoms with van der Waals surface area (Å²) < 4.78 is 0.500. The highest BCUT2D eigenvalue weighted by Crippen LogP contribution is 2.25. The van der Waals surface area contributed by atoms with Gasteiger partial charge in [-0.1, -0.05) is 24.0 Å². The van der Waals surface area contributed by atoms with Crippen LogP contribution in [-0.4, -0.2) is 20.4 Å². The summed E-state index contributed by atoms with van der Waals surface area (Å²) in [5, 5.41) is 8.96. The van der Waals surface area contributed by atoms with Gasteiger partial charge in [-0.3, -0.25) is 9.89 Å². The van der Waals surface area contributed by atoms with E-state index in [1.807, 2.05) is 0 Å². The van der Waals surface area contributed by atoms with Gasteiger partial charge in [0.1, 0.15) is 4.32 Å². The van der Waals surface area contributed by atoms with Crippen LogP contribution in [0, 0.1) is 0 Å². The molecule has 1 aliphatic rings. The Kier molecular flexibility index (Phi) is 2.15. The number of aromatic nitrogens is 2. The molecule has 1 amide bonds. The van der Waals surface area contributed by atoms with Gasteiger partial charge in [-0.05, 0) is 6.08 Å². The summed E-state index contributed by atoms with van der Waals surface area (Å²) in [7, 11) is 0. The zero-order valence-corrected chi connectivity index (χ0v) is 8.04. The van der Waals surface area contributed by atoms with E-state index in [0.717, 1.165) is 5.56 Å². The van der Waals surface area contributed by atoms with Crippen molar-refractivity contribution in [2.45, 2.75) is 0 Å². The molecular formula is C7H5N3OS2. The molecule has 2 N–H and O–H groups in total. The van der Waals surface area contributed by atoms with Crippen molar-refractivity contribution in [1.82, 2.24) is 15.5 Å². The Morgan fingerprint density at radius 1 is 1.62 bits per heavy atom. The topological polar surface area (TPSA) is 57.8 Å². The maximum absolute atomic E-state index is 11.2. The van der Waals surface area contributed by atoms with E-state index in [9.17, 15) is 4.79 Å². The maximum atomic E-state index is 11.2. The zero-order valence-electron chi connectivity index (χ0n) is 6.40. The van der Waals surface area contributed by atoms with Crippen LogP contribution in [0.15, 0.2) is 17.3 Å². The lowest BCUT2D eigenvalue weighted by molar-refractivity contribution is -0.115. The fourth-order valence-electron chi connectivity index (χ4n) is 0.912. The normalized spacial score (nSPS) is 19.5. The lowest BCUT2D eigenvalue weighted by Crippen LogP contribution is -2.17. The number of nitrogens with zero attached hydrogens (tertiary/aromatic N) is 1. The lowest BCUT2D eigenvalue weighted by atomic mass is 10.3. The molecule has 0 saturated carbocycles. The van der Waals surface area contributed by atoms with Crippen molar-refractivity contribution in [2.24, 2.45) is 0 Å². The van der Waals surface area contributed by atoms with E-state index >= 15 is 0 Å². The summed E-state index contributed by atoms with van der Waals surface area (Å²) in [6.07, 6.45) is 5.09. The maximum Gasteiger partial charge on any atom is 0.263 e. The summed E-state index contributed by atoms with van der Waals surface area (Å²) in [5.74, 6) is -0.142. The average molecular weight is 211 g/mol. The summed E-state index contributed by atoms with van der Waals surface area (Å²) in [5.41, 5.74) is 0.863. The van der Waals surface area contributed by atoms with Crippen LogP contribution in [0.1, 0.15) is 5.56 Å². The monoisotopic (exact) mass is 211 g/mol. The predicted molar refractivity (Wildman–Crippen MR) is 54.9 cm³/mol. The van der Waals surface area contributed by atoms with Gasteiger partial charge in [-0.15, -0.1) is 0 Å². The van der Waals surface area contributed by atoms with Crippen LogP contribution in [0.25, 0.3) is 6.08 Å². The highest BCUT2D eigenvalue weighted by Gasteiger charge is 2.21. The van der Waals surface area contributed by atoms with Crippen molar-refractivity contribution in [3.63, 3.8) is 0 Å². The van der Waals surface area contributed by atoms with Gasteiger partial charge in [0.05, 0.1) is 11.1 Å². The summed E-state index contributed by atoms with van der Waals surface area (Å²) in [6.45, 7) is 0. The van der Waals surface area contributed by atoms with Gasteiger partial charge in [0.15, 0.2) is 0 Å². The molecule has 1 aliphatic heterocycles. The van der Waals surface area contributed by atoms with Crippen LogP contribution in [0.5, 0.6) is 0 Å². The molecule has 0 bridgehead atoms. The van der Waals surface area contributed by atoms with Gasteiger partial charge in [0.2, 0.25) is 0 Å². The van der Waals surface area contributed by atoms with Crippen molar-refractivity contribution in [2.75, 3.05) is 0 Å². The first-order valence-corrected chi connectivity index (χ1v) is 4.72. The summed E-state index contributed by atoms with van der Waals surface area (Å²) in [6, 6.07) is 0. The molecule has 0 unspecified atom stereocenters. The van der Waals surface area contributed by atoms with Crippen molar-refractivity contribution in [3.8, 4) is 0 Å². The van der Waals surface area contributed by atoms with Gasteiger partial charge >= 0.3 is 0 Å². The molecule has 66 valence electrons. The summed E-state index contributed by atoms with van der Waals surface area (Å²) >= 11 is 6.10. The molecule has 13 heavy (non-hydrogen) atoms. The standard InChI is InChI=1S/C7H5N3OS2/c11-6-5(13-7(12)10-6)1-4-2-8-9-3-4/h1-3H,(H,8,9)(H,10,11,12). The van der Waals surface area contributed by atoms with Gasteiger partial charge < -0.3 is 5.32 Å². The Labute approximate surface area is 83.8 Å². The molecule has 0 aliphatic carbocycles. The van der Waals surface area contributed by atoms with Gasteiger partial charge in [-0.25, -0.2) is 0 Å². The van der Waals surface area contributed by atoms with E-state index in [1.165, 1.54) is 11.8 Å². The van der Waals surface area contributed by atoms with Crippen LogP contribution >= 0.6 is 24.0 Å². The van der Waals surface area contributed by atoms with Crippen molar-refractivity contribution in [3.05, 3.63) is 22.9 Å². The number of H-pyrrole nitrogens is 1. The Morgan fingerprint density at radius 2 is 2.46 bits per heavy atom. The van der Waals surface area contributed by atoms with E-state index in [2.05, 4.69) is 15.5 Å². The fourth-order valence-corrected chi connectivity index (χ4v) is 1.96. The molecule has 1 aromatic heterocycles. The van der Waals surface area contributed by atoms with E-state index < -0.39 is 0 Å². The molecule has 4 nitrogen and oxygen atoms in total. The van der Waals surface area contributed by atoms with E-state index in [0.29, 0.717) is 9.23 Å². The number of thiocarbonyl (C=S) groups is 1. The minimum absolute atomic E-state index is 0.142. The largest absolute Gasteiger partial charge is 0.307 e. The number of thioether (sulfide) groups is 1. The predicted octanol–water partition coefficient (Wildman–Crippen LogP) is 0.898. The second-order valence-corrected chi connectivity index (χ2v) is 4.10. The third-order valence-electron chi connectivity index (χ3n) is 1.46. The molecular weight excluding hydrogens is 206 g/mol. The van der Waals surface area contributed by atoms with Crippen molar-refractivity contribution >= 4 is 40.3 Å². The number of amides is 1. The van der Waals surface area contributed by atoms with Crippen LogP contribution in [0.2, 0.25) is 0 Å². The molecule has 1 aromatic rings. The van der Waals surface area contributed by atoms with Gasteiger partial charge in [-0.2, -0.15) is 5.10 Å². The second-order valence-electron chi connectivity index (χ2n) is 2.38. The van der Waals surface area contributed by atoms with Crippen LogP contribution in [-0.2, 0) is 4.79 Å². The first kappa shape index (κ1) is 8.46. The molecule has 0 aromatic carbocycles. The number of carbonyl (C=O) groups excluding carboxylic acids is 1. The number of aromatic amines is 1. The van der Waals surface area contributed by atoms with Crippen LogP contribution in [0.3, 0.4) is 0 Å². The molecule has 1 saturated heterocycles. The average Bonchev–Trinajstić information content (AvgIpc) is 2.63. The number of hydrogen-bond acceptors (Lipinski definition) is 4. The first-order chi connectivity index (χ1) is 6.25. The van der Waals surface area contributed by atoms with Crippen molar-refractivity contribution in [1.29, 1.82) is 0 Å². The smallest absolute Gasteiger partial charge is 0.263 e. The van der Waals surface area contributed by atoms with E-state index in [-0.39, 0.29) is 5.91 Å². The molecule has 0 radical (unpaired) electrons. The van der Waals surface area contributed by atoms with Crippen molar-refractivity contribution < 1.29 is 4.79 Å². The highest BCUT2D eigenvalue weighted by atomic mass is 32.2. The van der Waals surface area contributed by atoms with Gasteiger partial charge in [0, 0.05) is 11.8 Å². The third-order valence-corrected chi connectivity index (χ3v) is 2.62. The molecule has 2 heterocycles. The number of nitrogens with one attached hydrogen (secondary N) is 2. The lowest BCUT2D eigenvalue weighted by Gasteiger charge is -1.87. The molecule has 1 fully saturated rings. The quantitative estimate of drug-likeness (QED) is 0.535. The third kappa shape index (κ3) is 1.78. The molecule has 2 rings (SSSR count). The van der Waals surface area contributed by atoms with E-state index in [4.69, 9.17) is 12.2 Å². The minimum atomic E-state index is -0.142. The second kappa shape index (κ2) is 3.31. The Balaban J connectivity index is 2.27. The number of carbonyl (C=O) groups is 1. The molecule has 6 heteroatoms. The minimum Gasteiger partial charge on any atom is -0.307 e. The SMILES string of the molecule is O=C1NC(=S)SC1=Cc1cn[nH]c1. The first-order valence-electron chi connectivity index (χ1n) is 3.49. The Bertz CT molecular complexity index is 382. The summed E-state index contributed by atoms with van der Waals surface area (Å²) in [4.78, 5) is 11.8. The number of hydrogen-bond donors (Lipinski definition) is 2. The van der Waals surface area contributed by atoms with E-state index in [1.54, 1.807) is 18.5 Å². The van der Waals surface area contributed by atoms with Gasteiger partial charge in [0.25, 0.3) is 5.91 Å². The molecule has 0 atom stereocenters. The Morgan fingerprint density at radius 3 is 3.00 bits per heavy atom.